The SMILES string of the molecule is Cc1nc2ccc(-c3cc(C)c4c(c3)CN(C(=O)N3CCCCC3c3cccc(F)c3)CCO4)cc2[nH]1. The van der Waals surface area contributed by atoms with Crippen LogP contribution in [0.4, 0.5) is 9.18 Å². The van der Waals surface area contributed by atoms with Crippen molar-refractivity contribution in [1.82, 2.24) is 19.8 Å². The number of ether oxygens (including phenoxy) is 1. The van der Waals surface area contributed by atoms with Gasteiger partial charge in [-0.15, -0.1) is 0 Å². The molecule has 4 aromatic rings. The maximum atomic E-state index is 14.0. The monoisotopic (exact) mass is 498 g/mol. The highest BCUT2D eigenvalue weighted by Crippen LogP contribution is 2.36. The molecule has 7 heteroatoms. The van der Waals surface area contributed by atoms with E-state index in [1.165, 1.54) is 6.07 Å². The number of likely N-dealkylation sites (tertiary alicyclic amines) is 1. The van der Waals surface area contributed by atoms with Gasteiger partial charge < -0.3 is 19.5 Å². The molecule has 3 heterocycles. The van der Waals surface area contributed by atoms with Gasteiger partial charge in [0.1, 0.15) is 24.0 Å². The molecule has 1 aromatic heterocycles. The summed E-state index contributed by atoms with van der Waals surface area (Å²) in [5.41, 5.74) is 7.04. The van der Waals surface area contributed by atoms with Crippen LogP contribution >= 0.6 is 0 Å². The van der Waals surface area contributed by atoms with Crippen LogP contribution in [0.3, 0.4) is 0 Å². The van der Waals surface area contributed by atoms with Gasteiger partial charge in [-0.3, -0.25) is 0 Å². The maximum Gasteiger partial charge on any atom is 0.320 e. The maximum absolute atomic E-state index is 14.0. The van der Waals surface area contributed by atoms with Crippen molar-refractivity contribution in [1.29, 1.82) is 0 Å². The van der Waals surface area contributed by atoms with Crippen LogP contribution in [0.2, 0.25) is 0 Å². The Hall–Kier alpha value is -3.87. The van der Waals surface area contributed by atoms with E-state index in [0.717, 1.165) is 69.7 Å². The van der Waals surface area contributed by atoms with Gasteiger partial charge in [0.05, 0.1) is 30.2 Å². The van der Waals surface area contributed by atoms with E-state index in [1.807, 2.05) is 28.9 Å². The van der Waals surface area contributed by atoms with E-state index in [2.05, 4.69) is 41.2 Å². The van der Waals surface area contributed by atoms with Crippen LogP contribution in [-0.2, 0) is 6.54 Å². The van der Waals surface area contributed by atoms with Crippen molar-refractivity contribution in [3.8, 4) is 16.9 Å². The second-order valence-corrected chi connectivity index (χ2v) is 10.1. The summed E-state index contributed by atoms with van der Waals surface area (Å²) in [6, 6.07) is 17.1. The predicted octanol–water partition coefficient (Wildman–Crippen LogP) is 6.53. The summed E-state index contributed by atoms with van der Waals surface area (Å²) in [7, 11) is 0. The van der Waals surface area contributed by atoms with Gasteiger partial charge in [0.25, 0.3) is 0 Å². The Morgan fingerprint density at radius 2 is 1.95 bits per heavy atom. The fourth-order valence-electron chi connectivity index (χ4n) is 5.76. The third-order valence-corrected chi connectivity index (χ3v) is 7.51. The summed E-state index contributed by atoms with van der Waals surface area (Å²) in [6.45, 7) is 6.11. The molecule has 1 N–H and O–H groups in total. The minimum atomic E-state index is -0.265. The molecule has 0 radical (unpaired) electrons. The first-order valence-corrected chi connectivity index (χ1v) is 13.0. The predicted molar refractivity (Wildman–Crippen MR) is 142 cm³/mol. The second kappa shape index (κ2) is 9.54. The first-order valence-electron chi connectivity index (χ1n) is 13.0. The number of piperidine rings is 1. The lowest BCUT2D eigenvalue weighted by atomic mass is 9.95. The summed E-state index contributed by atoms with van der Waals surface area (Å²) in [6.07, 6.45) is 2.83. The number of H-pyrrole nitrogens is 1. The van der Waals surface area contributed by atoms with Crippen molar-refractivity contribution in [3.63, 3.8) is 0 Å². The zero-order chi connectivity index (χ0) is 25.5. The molecule has 1 saturated heterocycles. The Morgan fingerprint density at radius 3 is 2.81 bits per heavy atom. The standard InChI is InChI=1S/C30H31FN4O2/c1-19-14-23(21-9-10-26-27(17-21)33-20(2)32-26)15-24-18-34(12-13-37-29(19)24)30(36)35-11-4-3-8-28(35)22-6-5-7-25(31)16-22/h5-7,9-10,14-17,28H,3-4,8,11-13,18H2,1-2H3,(H,32,33). The molecule has 37 heavy (non-hydrogen) atoms. The van der Waals surface area contributed by atoms with Crippen molar-refractivity contribution in [2.24, 2.45) is 0 Å². The van der Waals surface area contributed by atoms with Crippen molar-refractivity contribution in [2.45, 2.75) is 45.7 Å². The van der Waals surface area contributed by atoms with E-state index in [4.69, 9.17) is 4.74 Å². The number of aromatic amines is 1. The van der Waals surface area contributed by atoms with E-state index >= 15 is 0 Å². The molecular formula is C30H31FN4O2. The number of carbonyl (C=O) groups excluding carboxylic acids is 1. The number of aromatic nitrogens is 2. The van der Waals surface area contributed by atoms with Gasteiger partial charge >= 0.3 is 6.03 Å². The molecular weight excluding hydrogens is 467 g/mol. The molecule has 3 aromatic carbocycles. The lowest BCUT2D eigenvalue weighted by Gasteiger charge is -2.39. The van der Waals surface area contributed by atoms with Crippen molar-refractivity contribution < 1.29 is 13.9 Å². The third-order valence-electron chi connectivity index (χ3n) is 7.51. The third kappa shape index (κ3) is 4.54. The van der Waals surface area contributed by atoms with Gasteiger partial charge in [-0.05, 0) is 91.8 Å². The minimum absolute atomic E-state index is 0.0113. The van der Waals surface area contributed by atoms with E-state index in [-0.39, 0.29) is 17.9 Å². The average molecular weight is 499 g/mol. The smallest absolute Gasteiger partial charge is 0.320 e. The summed E-state index contributed by atoms with van der Waals surface area (Å²) < 4.78 is 20.2. The summed E-state index contributed by atoms with van der Waals surface area (Å²) in [5.74, 6) is 1.49. The number of rotatable bonds is 2. The zero-order valence-electron chi connectivity index (χ0n) is 21.3. The highest BCUT2D eigenvalue weighted by Gasteiger charge is 2.32. The molecule has 2 amide bonds. The van der Waals surface area contributed by atoms with Crippen molar-refractivity contribution in [3.05, 3.63) is 82.9 Å². The molecule has 6 nitrogen and oxygen atoms in total. The Balaban J connectivity index is 1.30. The number of amides is 2. The Labute approximate surface area is 216 Å². The van der Waals surface area contributed by atoms with Gasteiger partial charge in [-0.25, -0.2) is 14.2 Å². The highest BCUT2D eigenvalue weighted by molar-refractivity contribution is 5.82. The first kappa shape index (κ1) is 23.5. The number of halogens is 1. The van der Waals surface area contributed by atoms with E-state index < -0.39 is 0 Å². The van der Waals surface area contributed by atoms with Gasteiger partial charge in [-0.2, -0.15) is 0 Å². The molecule has 1 fully saturated rings. The summed E-state index contributed by atoms with van der Waals surface area (Å²) in [4.78, 5) is 25.5. The van der Waals surface area contributed by atoms with E-state index in [0.29, 0.717) is 26.2 Å². The Kier molecular flexibility index (Phi) is 6.07. The van der Waals surface area contributed by atoms with Gasteiger partial charge in [0.2, 0.25) is 0 Å². The number of urea groups is 1. The number of nitrogens with zero attached hydrogens (tertiary/aromatic N) is 3. The molecule has 0 aliphatic carbocycles. The van der Waals surface area contributed by atoms with Gasteiger partial charge in [0.15, 0.2) is 0 Å². The highest BCUT2D eigenvalue weighted by atomic mass is 19.1. The number of nitrogens with one attached hydrogen (secondary N) is 1. The molecule has 2 aliphatic heterocycles. The molecule has 2 aliphatic rings. The molecule has 6 rings (SSSR count). The van der Waals surface area contributed by atoms with Crippen LogP contribution in [-0.4, -0.2) is 45.5 Å². The van der Waals surface area contributed by atoms with Crippen LogP contribution < -0.4 is 4.74 Å². The van der Waals surface area contributed by atoms with Crippen LogP contribution in [0.1, 0.15) is 47.8 Å². The molecule has 190 valence electrons. The fraction of sp³-hybridized carbons (Fsp3) is 0.333. The quantitative estimate of drug-likeness (QED) is 0.342. The van der Waals surface area contributed by atoms with Gasteiger partial charge in [-0.1, -0.05) is 18.2 Å². The normalized spacial score (nSPS) is 17.9. The van der Waals surface area contributed by atoms with Crippen LogP contribution in [0.25, 0.3) is 22.2 Å². The summed E-state index contributed by atoms with van der Waals surface area (Å²) >= 11 is 0. The Morgan fingerprint density at radius 1 is 1.05 bits per heavy atom. The topological polar surface area (TPSA) is 61.5 Å². The molecule has 0 bridgehead atoms. The number of hydrogen-bond donors (Lipinski definition) is 1. The fourth-order valence-corrected chi connectivity index (χ4v) is 5.76. The number of aryl methyl sites for hydroxylation is 2. The summed E-state index contributed by atoms with van der Waals surface area (Å²) in [5, 5.41) is 0. The average Bonchev–Trinajstić information content (AvgIpc) is 3.13. The van der Waals surface area contributed by atoms with E-state index in [1.54, 1.807) is 12.1 Å². The Bertz CT molecular complexity index is 1480. The van der Waals surface area contributed by atoms with E-state index in [9.17, 15) is 9.18 Å². The van der Waals surface area contributed by atoms with Crippen molar-refractivity contribution in [2.75, 3.05) is 19.7 Å². The minimum Gasteiger partial charge on any atom is -0.491 e. The van der Waals surface area contributed by atoms with Crippen LogP contribution in [0, 0.1) is 19.7 Å². The molecule has 0 saturated carbocycles. The number of benzene rings is 3. The van der Waals surface area contributed by atoms with Crippen LogP contribution in [0.5, 0.6) is 5.75 Å². The largest absolute Gasteiger partial charge is 0.491 e. The number of hydrogen-bond acceptors (Lipinski definition) is 3. The molecule has 1 unspecified atom stereocenters. The lowest BCUT2D eigenvalue weighted by Crippen LogP contribution is -2.47. The lowest BCUT2D eigenvalue weighted by molar-refractivity contribution is 0.110. The first-order chi connectivity index (χ1) is 18.0. The number of carbonyl (C=O) groups is 1. The molecule has 0 spiro atoms. The molecule has 1 atom stereocenters. The number of fused-ring (bicyclic) bond motifs is 2. The number of imidazole rings is 1. The second-order valence-electron chi connectivity index (χ2n) is 10.1. The van der Waals surface area contributed by atoms with Crippen LogP contribution in [0.15, 0.2) is 54.6 Å². The van der Waals surface area contributed by atoms with Crippen molar-refractivity contribution >= 4 is 17.1 Å². The van der Waals surface area contributed by atoms with Gasteiger partial charge in [0, 0.05) is 12.1 Å². The zero-order valence-corrected chi connectivity index (χ0v) is 21.3.